The van der Waals surface area contributed by atoms with E-state index >= 15 is 43.9 Å². The summed E-state index contributed by atoms with van der Waals surface area (Å²) >= 11 is 0. The van der Waals surface area contributed by atoms with E-state index in [-0.39, 0.29) is 22.6 Å². The summed E-state index contributed by atoms with van der Waals surface area (Å²) in [6.45, 7) is -2.29. The zero-order valence-electron chi connectivity index (χ0n) is 47.4. The lowest BCUT2D eigenvalue weighted by atomic mass is 9.72. The van der Waals surface area contributed by atoms with E-state index in [4.69, 9.17) is 9.47 Å². The van der Waals surface area contributed by atoms with Gasteiger partial charge in [0.2, 0.25) is 17.1 Å². The minimum atomic E-state index is -9.29. The Kier molecular flexibility index (Phi) is 22.9. The van der Waals surface area contributed by atoms with E-state index in [9.17, 15) is 141 Å². The van der Waals surface area contributed by atoms with Crippen molar-refractivity contribution in [2.45, 2.75) is 114 Å². The predicted molar refractivity (Wildman–Crippen MR) is 251 cm³/mol. The summed E-state index contributed by atoms with van der Waals surface area (Å²) in [5.41, 5.74) is -17.5. The van der Waals surface area contributed by atoms with Crippen molar-refractivity contribution in [1.29, 1.82) is 0 Å². The molecule has 0 radical (unpaired) electrons. The molecule has 0 aliphatic rings. The normalized spacial score (nSPS) is 14.9. The van der Waals surface area contributed by atoms with Crippen LogP contribution in [0, 0.1) is 0 Å². The number of carbonyl (C=O) groups excluding carboxylic acids is 2. The van der Waals surface area contributed by atoms with Crippen molar-refractivity contribution in [3.8, 4) is 23.0 Å². The van der Waals surface area contributed by atoms with Crippen LogP contribution in [-0.4, -0.2) is 122 Å². The first-order valence-corrected chi connectivity index (χ1v) is 24.8. The zero-order chi connectivity index (χ0) is 78.7. The number of hydrogen-bond donors (Lipinski definition) is 2. The maximum atomic E-state index is 15.7. The van der Waals surface area contributed by atoms with E-state index in [1.54, 1.807) is 0 Å². The van der Waals surface area contributed by atoms with Crippen LogP contribution in [0.3, 0.4) is 0 Å². The standard InChI is InChI=1S/C51H26F40N2O8/c1-96-23-9-3-19(4-10-23)17-98-33(94)92-25-13-7-21(15-27(25)100-31(54)29(52)36(56,57)38(60,61)40(64,65)42(68,69)44(72,73)46(76,77)50(86,87)88)35(48(80,81)82,49(83,84)85)22-8-14-26(93-34(95)99-18-20-5-11-24(97-2)12-6-20)28(16-22)101-32(55)30(53)37(58,59)39(62,63)41(66,67)43(70,71)45(74,75)47(78,79)51(89,90)91/h3-16H,17-18H2,1-2H3,(H,92,94)(H,93,95). The second-order valence-electron chi connectivity index (χ2n) is 19.5. The van der Waals surface area contributed by atoms with Crippen LogP contribution in [0.25, 0.3) is 0 Å². The van der Waals surface area contributed by atoms with Crippen LogP contribution in [0.15, 0.2) is 109 Å². The largest absolute Gasteiger partial charge is 0.497 e. The molecule has 0 aliphatic carbocycles. The average Bonchev–Trinajstić information content (AvgIpc) is 0.709. The fourth-order valence-electron chi connectivity index (χ4n) is 7.64. The summed E-state index contributed by atoms with van der Waals surface area (Å²) in [6.07, 6.45) is -36.3. The molecule has 0 atom stereocenters. The lowest BCUT2D eigenvalue weighted by molar-refractivity contribution is -0.451. The molecule has 0 aromatic heterocycles. The maximum absolute atomic E-state index is 15.7. The predicted octanol–water partition coefficient (Wildman–Crippen LogP) is 20.3. The van der Waals surface area contributed by atoms with Crippen LogP contribution in [0.1, 0.15) is 22.3 Å². The van der Waals surface area contributed by atoms with E-state index in [0.29, 0.717) is 0 Å². The SMILES string of the molecule is COc1ccc(COC(=O)Nc2ccc(C(c3ccc(NC(=O)OCc4ccc(OC)cc4)c(OC(F)=C(F)C(F)(F)C(F)(F)C(F)(F)C(F)(F)C(F)(F)C(F)(F)C(F)(F)F)c3)(C(F)(F)F)C(F)(F)F)cc2OC(F)=C(F)C(F)(F)C(F)(F)C(F)(F)C(F)(F)C(F)(F)C(F)(F)C(F)(F)F)cc1. The molecule has 0 unspecified atom stereocenters. The van der Waals surface area contributed by atoms with E-state index < -0.39 is 221 Å². The zero-order valence-corrected chi connectivity index (χ0v) is 47.4. The Hall–Kier alpha value is -8.70. The third kappa shape index (κ3) is 14.3. The number of nitrogens with one attached hydrogen (secondary N) is 2. The van der Waals surface area contributed by atoms with Crippen LogP contribution >= 0.6 is 0 Å². The van der Waals surface area contributed by atoms with Gasteiger partial charge in [-0.15, -0.1) is 0 Å². The van der Waals surface area contributed by atoms with Crippen molar-refractivity contribution in [3.05, 3.63) is 131 Å². The molecule has 0 heterocycles. The van der Waals surface area contributed by atoms with Gasteiger partial charge < -0.3 is 28.4 Å². The summed E-state index contributed by atoms with van der Waals surface area (Å²) in [5, 5.41) is 2.17. The third-order valence-electron chi connectivity index (χ3n) is 13.2. The van der Waals surface area contributed by atoms with Gasteiger partial charge in [-0.2, -0.15) is 176 Å². The van der Waals surface area contributed by atoms with Gasteiger partial charge in [0, 0.05) is 0 Å². The van der Waals surface area contributed by atoms with Crippen LogP contribution < -0.4 is 29.6 Å². The van der Waals surface area contributed by atoms with Crippen molar-refractivity contribution in [3.63, 3.8) is 0 Å². The molecule has 4 aromatic carbocycles. The van der Waals surface area contributed by atoms with Crippen molar-refractivity contribution < 1.29 is 214 Å². The minimum absolute atomic E-state index is 0.0160. The van der Waals surface area contributed by atoms with Gasteiger partial charge >= 0.3 is 120 Å². The quantitative estimate of drug-likeness (QED) is 0.0472. The second kappa shape index (κ2) is 27.2. The Balaban J connectivity index is 2.13. The number of alkyl halides is 36. The van der Waals surface area contributed by atoms with Crippen LogP contribution in [0.4, 0.5) is 197 Å². The van der Waals surface area contributed by atoms with E-state index in [1.165, 1.54) is 0 Å². The van der Waals surface area contributed by atoms with Gasteiger partial charge in [0.15, 0.2) is 11.5 Å². The number of hydrogen-bond acceptors (Lipinski definition) is 8. The third-order valence-corrected chi connectivity index (χ3v) is 13.2. The monoisotopic (exact) mass is 1550 g/mol. The summed E-state index contributed by atoms with van der Waals surface area (Å²) in [4.78, 5) is 25.7. The molecule has 2 N–H and O–H groups in total. The molecular formula is C51H26F40N2O8. The van der Waals surface area contributed by atoms with E-state index in [1.807, 2.05) is 0 Å². The molecule has 10 nitrogen and oxygen atoms in total. The van der Waals surface area contributed by atoms with E-state index in [2.05, 4.69) is 18.9 Å². The highest BCUT2D eigenvalue weighted by Crippen LogP contribution is 2.66. The van der Waals surface area contributed by atoms with Crippen LogP contribution in [0.2, 0.25) is 0 Å². The maximum Gasteiger partial charge on any atom is 0.460 e. The number of allylic oxidation sites excluding steroid dienone is 2. The van der Waals surface area contributed by atoms with Gasteiger partial charge in [0.05, 0.1) is 25.6 Å². The second-order valence-corrected chi connectivity index (χ2v) is 19.5. The number of benzene rings is 4. The molecule has 4 aromatic rings. The number of anilines is 2. The van der Waals surface area contributed by atoms with Gasteiger partial charge in [-0.25, -0.2) is 9.59 Å². The average molecular weight is 1550 g/mol. The number of ether oxygens (including phenoxy) is 6. The highest BCUT2D eigenvalue weighted by molar-refractivity contribution is 5.88. The minimum Gasteiger partial charge on any atom is -0.497 e. The summed E-state index contributed by atoms with van der Waals surface area (Å²) < 4.78 is 600. The number of halogens is 40. The summed E-state index contributed by atoms with van der Waals surface area (Å²) in [5.74, 6) is -125. The van der Waals surface area contributed by atoms with Crippen molar-refractivity contribution in [2.75, 3.05) is 24.9 Å². The van der Waals surface area contributed by atoms with Crippen molar-refractivity contribution in [2.24, 2.45) is 0 Å². The first-order chi connectivity index (χ1) is 45.1. The lowest BCUT2D eigenvalue weighted by Crippen LogP contribution is -2.72. The number of methoxy groups -OCH3 is 2. The van der Waals surface area contributed by atoms with Gasteiger partial charge in [-0.05, 0) is 70.8 Å². The Morgan fingerprint density at radius 1 is 0.327 bits per heavy atom. The van der Waals surface area contributed by atoms with Gasteiger partial charge in [-0.3, -0.25) is 10.6 Å². The number of carbonyl (C=O) groups is 2. The highest BCUT2D eigenvalue weighted by atomic mass is 19.5. The molecule has 0 saturated carbocycles. The Labute approximate surface area is 530 Å². The molecule has 50 heteroatoms. The molecule has 101 heavy (non-hydrogen) atoms. The van der Waals surface area contributed by atoms with Gasteiger partial charge in [-0.1, -0.05) is 36.4 Å². The molecular weight excluding hydrogens is 1530 g/mol. The molecule has 0 spiro atoms. The molecule has 0 bridgehead atoms. The summed E-state index contributed by atoms with van der Waals surface area (Å²) in [7, 11) is 2.13. The fraction of sp³-hybridized carbons (Fsp3) is 0.412. The van der Waals surface area contributed by atoms with E-state index in [0.717, 1.165) is 73.4 Å². The first kappa shape index (κ1) is 84.7. The van der Waals surface area contributed by atoms with Crippen molar-refractivity contribution >= 4 is 23.6 Å². The molecule has 2 amide bonds. The smallest absolute Gasteiger partial charge is 0.460 e. The Bertz CT molecular complexity index is 3470. The van der Waals surface area contributed by atoms with Crippen molar-refractivity contribution in [1.82, 2.24) is 0 Å². The molecule has 0 saturated heterocycles. The van der Waals surface area contributed by atoms with Crippen LogP contribution in [0.5, 0.6) is 23.0 Å². The Morgan fingerprint density at radius 2 is 0.574 bits per heavy atom. The lowest BCUT2D eigenvalue weighted by Gasteiger charge is -2.41. The molecule has 0 aliphatic heterocycles. The fourth-order valence-corrected chi connectivity index (χ4v) is 7.64. The number of rotatable bonds is 26. The summed E-state index contributed by atoms with van der Waals surface area (Å²) in [6, 6.07) is -6.81. The van der Waals surface area contributed by atoms with Gasteiger partial charge in [0.25, 0.3) is 0 Å². The van der Waals surface area contributed by atoms with Crippen LogP contribution in [-0.2, 0) is 28.1 Å². The topological polar surface area (TPSA) is 114 Å². The highest BCUT2D eigenvalue weighted by Gasteiger charge is 2.96. The molecule has 0 fully saturated rings. The number of amides is 2. The Morgan fingerprint density at radius 3 is 0.812 bits per heavy atom. The first-order valence-electron chi connectivity index (χ1n) is 24.8. The molecule has 4 rings (SSSR count). The molecule has 568 valence electrons. The van der Waals surface area contributed by atoms with Gasteiger partial charge in [0.1, 0.15) is 24.7 Å².